The molecule has 0 atom stereocenters. The highest BCUT2D eigenvalue weighted by Gasteiger charge is 2.14. The summed E-state index contributed by atoms with van der Waals surface area (Å²) in [7, 11) is 1.70. The van der Waals surface area contributed by atoms with Gasteiger partial charge in [0.2, 0.25) is 0 Å². The van der Waals surface area contributed by atoms with Crippen molar-refractivity contribution in [3.63, 3.8) is 0 Å². The molecule has 0 saturated carbocycles. The van der Waals surface area contributed by atoms with Crippen molar-refractivity contribution >= 4 is 27.3 Å². The molecule has 1 N–H and O–H groups in total. The molecular weight excluding hydrogens is 350 g/mol. The Labute approximate surface area is 137 Å². The van der Waals surface area contributed by atoms with Gasteiger partial charge in [0, 0.05) is 42.6 Å². The van der Waals surface area contributed by atoms with E-state index in [0.717, 1.165) is 59.2 Å². The van der Waals surface area contributed by atoms with Crippen molar-refractivity contribution in [1.82, 2.24) is 15.2 Å². The average molecular weight is 368 g/mol. The highest BCUT2D eigenvalue weighted by atomic mass is 79.9. The minimum Gasteiger partial charge on any atom is -0.496 e. The van der Waals surface area contributed by atoms with Gasteiger partial charge >= 0.3 is 0 Å². The molecule has 0 amide bonds. The zero-order valence-corrected chi connectivity index (χ0v) is 14.3. The van der Waals surface area contributed by atoms with E-state index in [-0.39, 0.29) is 0 Å². The van der Waals surface area contributed by atoms with Crippen LogP contribution in [-0.2, 0) is 6.54 Å². The number of rotatable bonds is 4. The van der Waals surface area contributed by atoms with Gasteiger partial charge in [-0.05, 0) is 18.2 Å². The molecule has 1 saturated heterocycles. The smallest absolute Gasteiger partial charge is 0.129 e. The van der Waals surface area contributed by atoms with Gasteiger partial charge in [-0.3, -0.25) is 4.90 Å². The maximum atomic E-state index is 5.44. The van der Waals surface area contributed by atoms with Crippen molar-refractivity contribution in [3.8, 4) is 16.3 Å². The molecule has 0 radical (unpaired) electrons. The molecule has 0 bridgehead atoms. The fourth-order valence-electron chi connectivity index (χ4n) is 2.45. The topological polar surface area (TPSA) is 37.4 Å². The monoisotopic (exact) mass is 367 g/mol. The third-order valence-electron chi connectivity index (χ3n) is 3.54. The number of piperazine rings is 1. The lowest BCUT2D eigenvalue weighted by molar-refractivity contribution is 0.231. The Morgan fingerprint density at radius 2 is 2.19 bits per heavy atom. The Balaban J connectivity index is 1.79. The van der Waals surface area contributed by atoms with Gasteiger partial charge in [0.1, 0.15) is 10.8 Å². The van der Waals surface area contributed by atoms with E-state index in [0.29, 0.717) is 0 Å². The molecule has 1 fully saturated rings. The first-order chi connectivity index (χ1) is 10.3. The molecule has 4 nitrogen and oxygen atoms in total. The van der Waals surface area contributed by atoms with Crippen LogP contribution in [0.2, 0.25) is 0 Å². The standard InChI is InChI=1S/C15H18BrN3OS/c1-20-14-3-2-11(16)8-13(14)15-18-12(10-21-15)9-19-6-4-17-5-7-19/h2-3,8,10,17H,4-7,9H2,1H3. The fourth-order valence-corrected chi connectivity index (χ4v) is 3.64. The summed E-state index contributed by atoms with van der Waals surface area (Å²) in [6, 6.07) is 6.01. The van der Waals surface area contributed by atoms with Gasteiger partial charge in [-0.25, -0.2) is 4.98 Å². The van der Waals surface area contributed by atoms with E-state index < -0.39 is 0 Å². The molecule has 2 aromatic rings. The molecule has 3 rings (SSSR count). The zero-order valence-electron chi connectivity index (χ0n) is 11.9. The second-order valence-electron chi connectivity index (χ2n) is 5.01. The van der Waals surface area contributed by atoms with Gasteiger partial charge in [-0.1, -0.05) is 15.9 Å². The van der Waals surface area contributed by atoms with Crippen LogP contribution in [0.3, 0.4) is 0 Å². The first kappa shape index (κ1) is 15.0. The Morgan fingerprint density at radius 1 is 1.38 bits per heavy atom. The zero-order chi connectivity index (χ0) is 14.7. The van der Waals surface area contributed by atoms with Gasteiger partial charge in [-0.2, -0.15) is 0 Å². The van der Waals surface area contributed by atoms with Gasteiger partial charge in [0.05, 0.1) is 18.4 Å². The van der Waals surface area contributed by atoms with Crippen LogP contribution >= 0.6 is 27.3 Å². The average Bonchev–Trinajstić information content (AvgIpc) is 2.96. The van der Waals surface area contributed by atoms with Gasteiger partial charge in [-0.15, -0.1) is 11.3 Å². The second kappa shape index (κ2) is 6.87. The Hall–Kier alpha value is -0.950. The van der Waals surface area contributed by atoms with Crippen LogP contribution in [0.25, 0.3) is 10.6 Å². The predicted octanol–water partition coefficient (Wildman–Crippen LogP) is 2.99. The number of nitrogens with one attached hydrogen (secondary N) is 1. The number of thiazole rings is 1. The van der Waals surface area contributed by atoms with E-state index in [1.165, 1.54) is 0 Å². The first-order valence-corrected chi connectivity index (χ1v) is 8.65. The van der Waals surface area contributed by atoms with Crippen LogP contribution in [0.1, 0.15) is 5.69 Å². The summed E-state index contributed by atoms with van der Waals surface area (Å²) in [5, 5.41) is 6.53. The minimum absolute atomic E-state index is 0.862. The Morgan fingerprint density at radius 3 is 2.95 bits per heavy atom. The number of hydrogen-bond acceptors (Lipinski definition) is 5. The van der Waals surface area contributed by atoms with Crippen molar-refractivity contribution in [2.45, 2.75) is 6.54 Å². The molecule has 1 aromatic carbocycles. The van der Waals surface area contributed by atoms with E-state index in [4.69, 9.17) is 9.72 Å². The Bertz CT molecular complexity index is 611. The lowest BCUT2D eigenvalue weighted by Gasteiger charge is -2.26. The highest BCUT2D eigenvalue weighted by Crippen LogP contribution is 2.34. The van der Waals surface area contributed by atoms with E-state index in [1.54, 1.807) is 18.4 Å². The van der Waals surface area contributed by atoms with Gasteiger partial charge < -0.3 is 10.1 Å². The molecule has 0 aliphatic carbocycles. The summed E-state index contributed by atoms with van der Waals surface area (Å²) in [6.07, 6.45) is 0. The van der Waals surface area contributed by atoms with Crippen LogP contribution in [0.4, 0.5) is 0 Å². The largest absolute Gasteiger partial charge is 0.496 e. The number of aromatic nitrogens is 1. The van der Waals surface area contributed by atoms with Crippen molar-refractivity contribution in [2.75, 3.05) is 33.3 Å². The summed E-state index contributed by atoms with van der Waals surface area (Å²) in [6.45, 7) is 5.24. The predicted molar refractivity (Wildman–Crippen MR) is 89.9 cm³/mol. The van der Waals surface area contributed by atoms with Crippen LogP contribution in [0.15, 0.2) is 28.1 Å². The first-order valence-electron chi connectivity index (χ1n) is 6.97. The molecule has 21 heavy (non-hydrogen) atoms. The third kappa shape index (κ3) is 3.63. The van der Waals surface area contributed by atoms with Crippen molar-refractivity contribution < 1.29 is 4.74 Å². The Kier molecular flexibility index (Phi) is 4.90. The number of hydrogen-bond donors (Lipinski definition) is 1. The van der Waals surface area contributed by atoms with Crippen LogP contribution in [0.5, 0.6) is 5.75 Å². The second-order valence-corrected chi connectivity index (χ2v) is 6.79. The maximum Gasteiger partial charge on any atom is 0.129 e. The van der Waals surface area contributed by atoms with Crippen LogP contribution in [0, 0.1) is 0 Å². The highest BCUT2D eigenvalue weighted by molar-refractivity contribution is 9.10. The lowest BCUT2D eigenvalue weighted by atomic mass is 10.2. The third-order valence-corrected chi connectivity index (χ3v) is 4.96. The summed E-state index contributed by atoms with van der Waals surface area (Å²) < 4.78 is 6.48. The summed E-state index contributed by atoms with van der Waals surface area (Å²) >= 11 is 5.19. The fraction of sp³-hybridized carbons (Fsp3) is 0.400. The quantitative estimate of drug-likeness (QED) is 0.901. The van der Waals surface area contributed by atoms with Crippen molar-refractivity contribution in [1.29, 1.82) is 0 Å². The number of halogens is 1. The molecule has 1 aliphatic rings. The molecule has 1 aromatic heterocycles. The molecule has 2 heterocycles. The normalized spacial score (nSPS) is 16.1. The van der Waals surface area contributed by atoms with Crippen LogP contribution < -0.4 is 10.1 Å². The number of ether oxygens (including phenoxy) is 1. The summed E-state index contributed by atoms with van der Waals surface area (Å²) in [4.78, 5) is 7.22. The van der Waals surface area contributed by atoms with E-state index >= 15 is 0 Å². The molecular formula is C15H18BrN3OS. The van der Waals surface area contributed by atoms with E-state index in [9.17, 15) is 0 Å². The molecule has 0 unspecified atom stereocenters. The van der Waals surface area contributed by atoms with E-state index in [2.05, 4.69) is 37.6 Å². The van der Waals surface area contributed by atoms with E-state index in [1.807, 2.05) is 12.1 Å². The lowest BCUT2D eigenvalue weighted by Crippen LogP contribution is -2.42. The SMILES string of the molecule is COc1ccc(Br)cc1-c1nc(CN2CCNCC2)cs1. The van der Waals surface area contributed by atoms with Crippen LogP contribution in [-0.4, -0.2) is 43.2 Å². The number of methoxy groups -OCH3 is 1. The number of benzene rings is 1. The molecule has 1 aliphatic heterocycles. The molecule has 6 heteroatoms. The molecule has 112 valence electrons. The van der Waals surface area contributed by atoms with Gasteiger partial charge in [0.25, 0.3) is 0 Å². The summed E-state index contributed by atoms with van der Waals surface area (Å²) in [5.41, 5.74) is 2.18. The summed E-state index contributed by atoms with van der Waals surface area (Å²) in [5.74, 6) is 0.862. The van der Waals surface area contributed by atoms with Crippen molar-refractivity contribution in [3.05, 3.63) is 33.7 Å². The van der Waals surface area contributed by atoms with Gasteiger partial charge in [0.15, 0.2) is 0 Å². The molecule has 0 spiro atoms. The van der Waals surface area contributed by atoms with Crippen molar-refractivity contribution in [2.24, 2.45) is 0 Å². The maximum absolute atomic E-state index is 5.44. The number of nitrogens with zero attached hydrogens (tertiary/aromatic N) is 2. The minimum atomic E-state index is 0.862.